The molecule has 4 aromatic rings. The van der Waals surface area contributed by atoms with Gasteiger partial charge in [-0.1, -0.05) is 11.8 Å². The number of ether oxygens (including phenoxy) is 3. The number of aromatic nitrogens is 4. The maximum absolute atomic E-state index is 12.2. The van der Waals surface area contributed by atoms with Crippen LogP contribution >= 0.6 is 11.8 Å². The first kappa shape index (κ1) is 20.1. The van der Waals surface area contributed by atoms with E-state index >= 15 is 0 Å². The average molecular weight is 455 g/mol. The number of hydrogen-bond donors (Lipinski definition) is 1. The Bertz CT molecular complexity index is 1330. The molecule has 164 valence electrons. The van der Waals surface area contributed by atoms with Crippen LogP contribution in [0, 0.1) is 6.92 Å². The summed E-state index contributed by atoms with van der Waals surface area (Å²) in [5, 5.41) is 8.81. The van der Waals surface area contributed by atoms with E-state index in [1.807, 2.05) is 6.07 Å². The molecule has 5 rings (SSSR count). The molecule has 1 aliphatic rings. The summed E-state index contributed by atoms with van der Waals surface area (Å²) < 4.78 is 27.1. The second-order valence-corrected chi connectivity index (χ2v) is 7.62. The number of benzene rings is 1. The van der Waals surface area contributed by atoms with E-state index in [0.717, 1.165) is 0 Å². The van der Waals surface area contributed by atoms with Crippen molar-refractivity contribution >= 4 is 34.6 Å². The molecule has 0 radical (unpaired) electrons. The van der Waals surface area contributed by atoms with Crippen LogP contribution in [0.25, 0.3) is 22.6 Å². The summed E-state index contributed by atoms with van der Waals surface area (Å²) >= 11 is 1.25. The molecule has 0 fully saturated rings. The Kier molecular flexibility index (Phi) is 5.05. The van der Waals surface area contributed by atoms with Crippen LogP contribution in [-0.4, -0.2) is 39.5 Å². The number of fused-ring (bicyclic) bond motifs is 2. The van der Waals surface area contributed by atoms with Crippen molar-refractivity contribution in [1.29, 1.82) is 0 Å². The van der Waals surface area contributed by atoms with Crippen molar-refractivity contribution < 1.29 is 27.8 Å². The van der Waals surface area contributed by atoms with E-state index in [1.54, 1.807) is 26.0 Å². The van der Waals surface area contributed by atoms with Gasteiger partial charge in [-0.2, -0.15) is 4.98 Å². The fourth-order valence-corrected chi connectivity index (χ4v) is 3.86. The predicted octanol–water partition coefficient (Wildman–Crippen LogP) is 3.36. The number of nitrogen functional groups attached to an aromatic ring is 1. The number of furan rings is 1. The second-order valence-electron chi connectivity index (χ2n) is 6.69. The molecule has 4 heterocycles. The standard InChI is InChI=1S/C20H17N5O6S/c1-3-27-19(26)14-9(2)30-18-15(14)16(21)22-13(23-18)7-32-20-25-24-17(31-20)10-4-5-11-12(6-10)29-8-28-11/h4-6H,3,7-8H2,1-2H3,(H2,21,22,23). The lowest BCUT2D eigenvalue weighted by Crippen LogP contribution is -2.07. The quantitative estimate of drug-likeness (QED) is 0.335. The number of carbonyl (C=O) groups is 1. The Hall–Kier alpha value is -3.80. The van der Waals surface area contributed by atoms with Gasteiger partial charge in [0.2, 0.25) is 18.4 Å². The number of hydrogen-bond acceptors (Lipinski definition) is 12. The van der Waals surface area contributed by atoms with Crippen LogP contribution < -0.4 is 15.2 Å². The fourth-order valence-electron chi connectivity index (χ4n) is 3.24. The number of esters is 1. The van der Waals surface area contributed by atoms with Gasteiger partial charge >= 0.3 is 5.97 Å². The van der Waals surface area contributed by atoms with E-state index < -0.39 is 5.97 Å². The van der Waals surface area contributed by atoms with Gasteiger partial charge in [-0.05, 0) is 32.0 Å². The summed E-state index contributed by atoms with van der Waals surface area (Å²) in [5.74, 6) is 2.33. The van der Waals surface area contributed by atoms with Gasteiger partial charge in [0, 0.05) is 5.56 Å². The maximum atomic E-state index is 12.2. The SMILES string of the molecule is CCOC(=O)c1c(C)oc2nc(CSc3nnc(-c4ccc5c(c4)OCO5)o3)nc(N)c12. The van der Waals surface area contributed by atoms with E-state index in [1.165, 1.54) is 11.8 Å². The van der Waals surface area contributed by atoms with E-state index in [-0.39, 0.29) is 30.5 Å². The summed E-state index contributed by atoms with van der Waals surface area (Å²) in [7, 11) is 0. The minimum absolute atomic E-state index is 0.136. The van der Waals surface area contributed by atoms with E-state index in [4.69, 9.17) is 28.8 Å². The van der Waals surface area contributed by atoms with Crippen molar-refractivity contribution in [3.05, 3.63) is 35.3 Å². The molecular formula is C20H17N5O6S. The van der Waals surface area contributed by atoms with Gasteiger partial charge < -0.3 is 28.8 Å². The number of nitrogens with zero attached hydrogens (tertiary/aromatic N) is 4. The first-order valence-electron chi connectivity index (χ1n) is 9.62. The van der Waals surface area contributed by atoms with Gasteiger partial charge in [-0.3, -0.25) is 0 Å². The topological polar surface area (TPSA) is 149 Å². The van der Waals surface area contributed by atoms with Gasteiger partial charge in [0.05, 0.1) is 17.7 Å². The summed E-state index contributed by atoms with van der Waals surface area (Å²) in [6.45, 7) is 3.80. The van der Waals surface area contributed by atoms with Crippen LogP contribution in [0.4, 0.5) is 5.82 Å². The normalized spacial score (nSPS) is 12.4. The monoisotopic (exact) mass is 455 g/mol. The number of carbonyl (C=O) groups excluding carboxylic acids is 1. The lowest BCUT2D eigenvalue weighted by Gasteiger charge is -2.03. The van der Waals surface area contributed by atoms with Crippen molar-refractivity contribution in [1.82, 2.24) is 20.2 Å². The third-order valence-electron chi connectivity index (χ3n) is 4.63. The number of rotatable bonds is 6. The Morgan fingerprint density at radius 2 is 2.03 bits per heavy atom. The summed E-state index contributed by atoms with van der Waals surface area (Å²) in [6, 6.07) is 5.38. The molecule has 11 nitrogen and oxygen atoms in total. The molecule has 0 aliphatic carbocycles. The molecule has 12 heteroatoms. The van der Waals surface area contributed by atoms with Gasteiger partial charge in [0.25, 0.3) is 5.22 Å². The van der Waals surface area contributed by atoms with Crippen LogP contribution in [0.3, 0.4) is 0 Å². The summed E-state index contributed by atoms with van der Waals surface area (Å²) in [6.07, 6.45) is 0. The fraction of sp³-hybridized carbons (Fsp3) is 0.250. The van der Waals surface area contributed by atoms with Gasteiger partial charge in [-0.15, -0.1) is 10.2 Å². The maximum Gasteiger partial charge on any atom is 0.342 e. The minimum Gasteiger partial charge on any atom is -0.462 e. The van der Waals surface area contributed by atoms with Crippen molar-refractivity contribution in [2.75, 3.05) is 19.1 Å². The molecule has 0 amide bonds. The van der Waals surface area contributed by atoms with E-state index in [2.05, 4.69) is 20.2 Å². The molecule has 0 atom stereocenters. The zero-order valence-electron chi connectivity index (χ0n) is 17.1. The van der Waals surface area contributed by atoms with Crippen LogP contribution in [0.1, 0.15) is 28.9 Å². The van der Waals surface area contributed by atoms with Crippen LogP contribution in [-0.2, 0) is 10.5 Å². The molecule has 2 N–H and O–H groups in total. The number of anilines is 1. The Labute approximate surface area is 185 Å². The molecule has 3 aromatic heterocycles. The molecule has 0 spiro atoms. The van der Waals surface area contributed by atoms with Crippen molar-refractivity contribution in [3.63, 3.8) is 0 Å². The smallest absolute Gasteiger partial charge is 0.342 e. The Balaban J connectivity index is 1.34. The minimum atomic E-state index is -0.525. The Morgan fingerprint density at radius 1 is 1.19 bits per heavy atom. The highest BCUT2D eigenvalue weighted by Gasteiger charge is 2.24. The van der Waals surface area contributed by atoms with E-state index in [0.29, 0.717) is 50.9 Å². The molecule has 0 saturated carbocycles. The van der Waals surface area contributed by atoms with Crippen molar-refractivity contribution in [2.24, 2.45) is 0 Å². The first-order valence-corrected chi connectivity index (χ1v) is 10.6. The highest BCUT2D eigenvalue weighted by molar-refractivity contribution is 7.98. The summed E-state index contributed by atoms with van der Waals surface area (Å²) in [4.78, 5) is 20.9. The third kappa shape index (κ3) is 3.58. The van der Waals surface area contributed by atoms with Crippen LogP contribution in [0.5, 0.6) is 11.5 Å². The lowest BCUT2D eigenvalue weighted by molar-refractivity contribution is 0.0526. The largest absolute Gasteiger partial charge is 0.462 e. The molecular weight excluding hydrogens is 438 g/mol. The van der Waals surface area contributed by atoms with Crippen molar-refractivity contribution in [2.45, 2.75) is 24.8 Å². The molecule has 32 heavy (non-hydrogen) atoms. The van der Waals surface area contributed by atoms with Gasteiger partial charge in [0.1, 0.15) is 23.0 Å². The third-order valence-corrected chi connectivity index (χ3v) is 5.45. The predicted molar refractivity (Wildman–Crippen MR) is 112 cm³/mol. The zero-order valence-corrected chi connectivity index (χ0v) is 17.9. The van der Waals surface area contributed by atoms with Crippen molar-refractivity contribution in [3.8, 4) is 23.0 Å². The van der Waals surface area contributed by atoms with Crippen LogP contribution in [0.15, 0.2) is 32.3 Å². The molecule has 1 aliphatic heterocycles. The van der Waals surface area contributed by atoms with E-state index in [9.17, 15) is 4.79 Å². The summed E-state index contributed by atoms with van der Waals surface area (Å²) in [5.41, 5.74) is 7.28. The average Bonchev–Trinajstić information content (AvgIpc) is 3.49. The molecule has 0 bridgehead atoms. The second kappa shape index (κ2) is 8.04. The first-order chi connectivity index (χ1) is 15.5. The molecule has 0 unspecified atom stereocenters. The highest BCUT2D eigenvalue weighted by Crippen LogP contribution is 2.36. The highest BCUT2D eigenvalue weighted by atomic mass is 32.2. The zero-order chi connectivity index (χ0) is 22.2. The molecule has 1 aromatic carbocycles. The Morgan fingerprint density at radius 3 is 2.88 bits per heavy atom. The molecule has 0 saturated heterocycles. The number of nitrogens with two attached hydrogens (primary N) is 1. The van der Waals surface area contributed by atoms with Gasteiger partial charge in [0.15, 0.2) is 11.5 Å². The van der Waals surface area contributed by atoms with Crippen LogP contribution in [0.2, 0.25) is 0 Å². The lowest BCUT2D eigenvalue weighted by atomic mass is 10.2. The number of aryl methyl sites for hydroxylation is 1. The van der Waals surface area contributed by atoms with Gasteiger partial charge in [-0.25, -0.2) is 9.78 Å². The number of thioether (sulfide) groups is 1.